The van der Waals surface area contributed by atoms with Gasteiger partial charge in [-0.3, -0.25) is 0 Å². The molecule has 0 N–H and O–H groups in total. The molecule has 0 radical (unpaired) electrons. The molecule has 0 rings (SSSR count). The fourth-order valence-corrected chi connectivity index (χ4v) is 0.916. The second-order valence-corrected chi connectivity index (χ2v) is 3.31. The predicted octanol–water partition coefficient (Wildman–Crippen LogP) is 2.33. The Morgan fingerprint density at radius 2 is 2.38 bits per heavy atom. The molecule has 0 saturated carbocycles. The number of halogens is 2. The van der Waals surface area contributed by atoms with Gasteiger partial charge in [0.2, 0.25) is 0 Å². The van der Waals surface area contributed by atoms with Gasteiger partial charge < -0.3 is 0 Å². The van der Waals surface area contributed by atoms with Crippen LogP contribution in [0.1, 0.15) is 12.8 Å². The van der Waals surface area contributed by atoms with Crippen molar-refractivity contribution in [3.63, 3.8) is 0 Å². The summed E-state index contributed by atoms with van der Waals surface area (Å²) in [5.74, 6) is 0.668. The fraction of sp³-hybridized carbons (Fsp3) is 0.800. The minimum absolute atomic E-state index is 0.145. The molecule has 0 aliphatic heterocycles. The highest BCUT2D eigenvalue weighted by atomic mass is 127. The van der Waals surface area contributed by atoms with E-state index < -0.39 is 0 Å². The standard InChI is InChI=1S/C5H7ClIN/c6-3-1-2-5(7)4-8/h5H,1-3H2. The Kier molecular flexibility index (Phi) is 6.00. The molecule has 0 heterocycles. The van der Waals surface area contributed by atoms with Crippen molar-refractivity contribution in [1.29, 1.82) is 5.26 Å². The van der Waals surface area contributed by atoms with Gasteiger partial charge >= 0.3 is 0 Å². The molecule has 0 aliphatic rings. The average molecular weight is 243 g/mol. The van der Waals surface area contributed by atoms with E-state index in [9.17, 15) is 0 Å². The van der Waals surface area contributed by atoms with Crippen LogP contribution in [-0.4, -0.2) is 9.80 Å². The molecule has 0 aliphatic carbocycles. The molecule has 1 unspecified atom stereocenters. The first-order chi connectivity index (χ1) is 3.81. The smallest absolute Gasteiger partial charge is 0.0978 e. The van der Waals surface area contributed by atoms with Gasteiger partial charge in [0.25, 0.3) is 0 Å². The van der Waals surface area contributed by atoms with Gasteiger partial charge in [-0.15, -0.1) is 11.6 Å². The van der Waals surface area contributed by atoms with Crippen LogP contribution < -0.4 is 0 Å². The summed E-state index contributed by atoms with van der Waals surface area (Å²) >= 11 is 7.50. The highest BCUT2D eigenvalue weighted by Gasteiger charge is 1.97. The summed E-state index contributed by atoms with van der Waals surface area (Å²) in [6.45, 7) is 0. The van der Waals surface area contributed by atoms with E-state index >= 15 is 0 Å². The third-order valence-electron chi connectivity index (χ3n) is 0.731. The molecule has 8 heavy (non-hydrogen) atoms. The molecule has 1 nitrogen and oxygen atoms in total. The lowest BCUT2D eigenvalue weighted by Gasteiger charge is -1.93. The Labute approximate surface area is 68.2 Å². The summed E-state index contributed by atoms with van der Waals surface area (Å²) < 4.78 is 0.145. The SMILES string of the molecule is N#CC(I)CCCCl. The van der Waals surface area contributed by atoms with Crippen molar-refractivity contribution in [1.82, 2.24) is 0 Å². The molecule has 1 atom stereocenters. The predicted molar refractivity (Wildman–Crippen MR) is 43.4 cm³/mol. The van der Waals surface area contributed by atoms with Gasteiger partial charge in [0.1, 0.15) is 0 Å². The van der Waals surface area contributed by atoms with E-state index in [2.05, 4.69) is 28.7 Å². The van der Waals surface area contributed by atoms with E-state index in [0.717, 1.165) is 12.8 Å². The average Bonchev–Trinajstić information content (AvgIpc) is 1.83. The summed E-state index contributed by atoms with van der Waals surface area (Å²) in [4.78, 5) is 0. The number of nitrogens with zero attached hydrogens (tertiary/aromatic N) is 1. The van der Waals surface area contributed by atoms with Crippen molar-refractivity contribution in [2.75, 3.05) is 5.88 Å². The van der Waals surface area contributed by atoms with Gasteiger partial charge in [0.15, 0.2) is 0 Å². The Morgan fingerprint density at radius 3 is 2.75 bits per heavy atom. The Morgan fingerprint density at radius 1 is 1.75 bits per heavy atom. The summed E-state index contributed by atoms with van der Waals surface area (Å²) in [7, 11) is 0. The van der Waals surface area contributed by atoms with E-state index in [1.165, 1.54) is 0 Å². The molecule has 0 aromatic rings. The van der Waals surface area contributed by atoms with Crippen molar-refractivity contribution in [3.8, 4) is 6.07 Å². The normalized spacial score (nSPS) is 12.6. The van der Waals surface area contributed by atoms with Gasteiger partial charge in [0, 0.05) is 5.88 Å². The second-order valence-electron chi connectivity index (χ2n) is 1.43. The second kappa shape index (κ2) is 5.64. The Hall–Kier alpha value is 0.510. The third-order valence-corrected chi connectivity index (χ3v) is 1.90. The van der Waals surface area contributed by atoms with Crippen LogP contribution in [0.5, 0.6) is 0 Å². The summed E-state index contributed by atoms with van der Waals surface area (Å²) in [5.41, 5.74) is 0. The number of hydrogen-bond acceptors (Lipinski definition) is 1. The molecule has 0 saturated heterocycles. The molecule has 46 valence electrons. The van der Waals surface area contributed by atoms with Gasteiger partial charge in [-0.25, -0.2) is 0 Å². The summed E-state index contributed by atoms with van der Waals surface area (Å²) in [6.07, 6.45) is 1.86. The molecule has 0 bridgehead atoms. The maximum atomic E-state index is 8.26. The van der Waals surface area contributed by atoms with E-state index in [1.807, 2.05) is 0 Å². The molecular weight excluding hydrogens is 236 g/mol. The fourth-order valence-electron chi connectivity index (χ4n) is 0.321. The third kappa shape index (κ3) is 4.66. The van der Waals surface area contributed by atoms with Crippen LogP contribution in [0, 0.1) is 11.3 Å². The van der Waals surface area contributed by atoms with Gasteiger partial charge in [-0.1, -0.05) is 22.6 Å². The zero-order valence-corrected chi connectivity index (χ0v) is 7.32. The van der Waals surface area contributed by atoms with Crippen LogP contribution in [-0.2, 0) is 0 Å². The molecule has 0 aromatic carbocycles. The van der Waals surface area contributed by atoms with Crippen molar-refractivity contribution < 1.29 is 0 Å². The first kappa shape index (κ1) is 8.51. The van der Waals surface area contributed by atoms with Crippen LogP contribution in [0.2, 0.25) is 0 Å². The Balaban J connectivity index is 3.02. The van der Waals surface area contributed by atoms with Crippen molar-refractivity contribution in [2.24, 2.45) is 0 Å². The monoisotopic (exact) mass is 243 g/mol. The maximum Gasteiger partial charge on any atom is 0.0978 e. The highest BCUT2D eigenvalue weighted by Crippen LogP contribution is 2.06. The molecule has 0 spiro atoms. The van der Waals surface area contributed by atoms with E-state index in [-0.39, 0.29) is 3.92 Å². The minimum atomic E-state index is 0.145. The highest BCUT2D eigenvalue weighted by molar-refractivity contribution is 14.1. The lowest BCUT2D eigenvalue weighted by atomic mass is 10.3. The van der Waals surface area contributed by atoms with Gasteiger partial charge in [-0.2, -0.15) is 5.26 Å². The van der Waals surface area contributed by atoms with Crippen LogP contribution in [0.4, 0.5) is 0 Å². The van der Waals surface area contributed by atoms with Gasteiger partial charge in [0.05, 0.1) is 9.99 Å². The van der Waals surface area contributed by atoms with Crippen molar-refractivity contribution >= 4 is 34.2 Å². The van der Waals surface area contributed by atoms with E-state index in [0.29, 0.717) is 5.88 Å². The molecule has 0 aromatic heterocycles. The molecule has 0 amide bonds. The summed E-state index contributed by atoms with van der Waals surface area (Å²) in [6, 6.07) is 2.13. The zero-order chi connectivity index (χ0) is 6.41. The lowest BCUT2D eigenvalue weighted by molar-refractivity contribution is 0.856. The first-order valence-electron chi connectivity index (χ1n) is 2.41. The minimum Gasteiger partial charge on any atom is -0.197 e. The largest absolute Gasteiger partial charge is 0.197 e. The molecule has 3 heteroatoms. The number of hydrogen-bond donors (Lipinski definition) is 0. The van der Waals surface area contributed by atoms with Crippen LogP contribution in [0.15, 0.2) is 0 Å². The topological polar surface area (TPSA) is 23.8 Å². The number of nitriles is 1. The van der Waals surface area contributed by atoms with Crippen molar-refractivity contribution in [3.05, 3.63) is 0 Å². The van der Waals surface area contributed by atoms with E-state index in [4.69, 9.17) is 16.9 Å². The quantitative estimate of drug-likeness (QED) is 0.551. The van der Waals surface area contributed by atoms with E-state index in [1.54, 1.807) is 0 Å². The zero-order valence-electron chi connectivity index (χ0n) is 4.40. The molecular formula is C5H7ClIN. The lowest BCUT2D eigenvalue weighted by Crippen LogP contribution is -1.91. The van der Waals surface area contributed by atoms with Crippen LogP contribution in [0.25, 0.3) is 0 Å². The maximum absolute atomic E-state index is 8.26. The summed E-state index contributed by atoms with van der Waals surface area (Å²) in [5, 5.41) is 8.26. The number of alkyl halides is 2. The van der Waals surface area contributed by atoms with Crippen LogP contribution in [0.3, 0.4) is 0 Å². The first-order valence-corrected chi connectivity index (χ1v) is 4.19. The Bertz CT molecular complexity index is 88.9. The van der Waals surface area contributed by atoms with Crippen LogP contribution >= 0.6 is 34.2 Å². The van der Waals surface area contributed by atoms with Gasteiger partial charge in [-0.05, 0) is 12.8 Å². The molecule has 0 fully saturated rings. The van der Waals surface area contributed by atoms with Crippen molar-refractivity contribution in [2.45, 2.75) is 16.8 Å². The number of rotatable bonds is 3.